The fourth-order valence-electron chi connectivity index (χ4n) is 1.73. The van der Waals surface area contributed by atoms with Gasteiger partial charge in [-0.15, -0.1) is 11.8 Å². The van der Waals surface area contributed by atoms with Crippen LogP contribution in [0.2, 0.25) is 0 Å². The van der Waals surface area contributed by atoms with Gasteiger partial charge in [-0.2, -0.15) is 0 Å². The summed E-state index contributed by atoms with van der Waals surface area (Å²) in [5, 5.41) is 2.96. The SMILES string of the molecule is CCC(CC)CNC(=O)CSCc1ccc(F)cc1. The zero-order valence-corrected chi connectivity index (χ0v) is 12.4. The molecule has 0 heterocycles. The highest BCUT2D eigenvalue weighted by Gasteiger charge is 2.06. The number of rotatable bonds is 8. The van der Waals surface area contributed by atoms with Gasteiger partial charge in [0, 0.05) is 12.3 Å². The smallest absolute Gasteiger partial charge is 0.230 e. The summed E-state index contributed by atoms with van der Waals surface area (Å²) < 4.78 is 12.7. The zero-order valence-electron chi connectivity index (χ0n) is 11.6. The van der Waals surface area contributed by atoms with Gasteiger partial charge < -0.3 is 5.32 Å². The number of hydrogen-bond donors (Lipinski definition) is 1. The van der Waals surface area contributed by atoms with E-state index in [-0.39, 0.29) is 11.7 Å². The molecule has 1 rings (SSSR count). The lowest BCUT2D eigenvalue weighted by atomic mass is 10.0. The molecule has 0 unspecified atom stereocenters. The first-order valence-electron chi connectivity index (χ1n) is 6.74. The number of hydrogen-bond acceptors (Lipinski definition) is 2. The molecule has 0 spiro atoms. The van der Waals surface area contributed by atoms with Crippen LogP contribution >= 0.6 is 11.8 Å². The lowest BCUT2D eigenvalue weighted by molar-refractivity contribution is -0.118. The maximum atomic E-state index is 12.7. The van der Waals surface area contributed by atoms with Gasteiger partial charge >= 0.3 is 0 Å². The van der Waals surface area contributed by atoms with Crippen LogP contribution in [0.1, 0.15) is 32.3 Å². The Labute approximate surface area is 119 Å². The fraction of sp³-hybridized carbons (Fsp3) is 0.533. The van der Waals surface area contributed by atoms with Crippen molar-refractivity contribution in [3.8, 4) is 0 Å². The molecule has 0 fully saturated rings. The van der Waals surface area contributed by atoms with Crippen LogP contribution in [0.15, 0.2) is 24.3 Å². The van der Waals surface area contributed by atoms with Crippen molar-refractivity contribution in [1.82, 2.24) is 5.32 Å². The lowest BCUT2D eigenvalue weighted by Gasteiger charge is -2.13. The third kappa shape index (κ3) is 6.62. The van der Waals surface area contributed by atoms with Crippen LogP contribution in [0.4, 0.5) is 4.39 Å². The summed E-state index contributed by atoms with van der Waals surface area (Å²) in [6.07, 6.45) is 2.19. The van der Waals surface area contributed by atoms with Crippen molar-refractivity contribution in [2.45, 2.75) is 32.4 Å². The molecule has 1 N–H and O–H groups in total. The van der Waals surface area contributed by atoms with E-state index in [9.17, 15) is 9.18 Å². The second-order valence-electron chi connectivity index (χ2n) is 4.61. The summed E-state index contributed by atoms with van der Waals surface area (Å²) in [6, 6.07) is 6.40. The molecular weight excluding hydrogens is 261 g/mol. The minimum atomic E-state index is -0.225. The van der Waals surface area contributed by atoms with E-state index in [0.29, 0.717) is 11.7 Å². The van der Waals surface area contributed by atoms with Gasteiger partial charge in [0.2, 0.25) is 5.91 Å². The first kappa shape index (κ1) is 16.0. The van der Waals surface area contributed by atoms with Gasteiger partial charge in [-0.3, -0.25) is 4.79 Å². The van der Waals surface area contributed by atoms with Gasteiger partial charge in [0.15, 0.2) is 0 Å². The van der Waals surface area contributed by atoms with Gasteiger partial charge in [0.05, 0.1) is 5.75 Å². The summed E-state index contributed by atoms with van der Waals surface area (Å²) in [4.78, 5) is 11.6. The maximum absolute atomic E-state index is 12.7. The van der Waals surface area contributed by atoms with Crippen molar-refractivity contribution >= 4 is 17.7 Å². The van der Waals surface area contributed by atoms with E-state index in [0.717, 1.165) is 30.7 Å². The van der Waals surface area contributed by atoms with Crippen molar-refractivity contribution in [2.24, 2.45) is 5.92 Å². The molecule has 19 heavy (non-hydrogen) atoms. The molecule has 0 aliphatic rings. The third-order valence-electron chi connectivity index (χ3n) is 3.16. The molecular formula is C15H22FNOS. The zero-order chi connectivity index (χ0) is 14.1. The minimum absolute atomic E-state index is 0.0824. The predicted octanol–water partition coefficient (Wildman–Crippen LogP) is 3.61. The topological polar surface area (TPSA) is 29.1 Å². The molecule has 0 radical (unpaired) electrons. The summed E-state index contributed by atoms with van der Waals surface area (Å²) >= 11 is 1.55. The molecule has 1 amide bonds. The number of nitrogens with one attached hydrogen (secondary N) is 1. The molecule has 0 saturated heterocycles. The van der Waals surface area contributed by atoms with E-state index in [1.807, 2.05) is 0 Å². The number of carbonyl (C=O) groups is 1. The molecule has 0 saturated carbocycles. The average molecular weight is 283 g/mol. The molecule has 0 bridgehead atoms. The third-order valence-corrected chi connectivity index (χ3v) is 4.16. The molecule has 0 aliphatic heterocycles. The molecule has 1 aromatic rings. The molecule has 2 nitrogen and oxygen atoms in total. The highest BCUT2D eigenvalue weighted by molar-refractivity contribution is 7.99. The van der Waals surface area contributed by atoms with E-state index >= 15 is 0 Å². The summed E-state index contributed by atoms with van der Waals surface area (Å²) in [7, 11) is 0. The van der Waals surface area contributed by atoms with Gasteiger partial charge in [-0.1, -0.05) is 38.8 Å². The Kier molecular flexibility index (Phi) is 7.56. The highest BCUT2D eigenvalue weighted by atomic mass is 32.2. The van der Waals surface area contributed by atoms with Gasteiger partial charge in [0.1, 0.15) is 5.82 Å². The Hall–Kier alpha value is -1.03. The average Bonchev–Trinajstić information content (AvgIpc) is 2.42. The van der Waals surface area contributed by atoms with Gasteiger partial charge in [0.25, 0.3) is 0 Å². The largest absolute Gasteiger partial charge is 0.355 e. The minimum Gasteiger partial charge on any atom is -0.355 e. The Bertz CT molecular complexity index is 376. The Morgan fingerprint density at radius 1 is 1.26 bits per heavy atom. The number of halogens is 1. The van der Waals surface area contributed by atoms with Crippen LogP contribution in [0.25, 0.3) is 0 Å². The molecule has 106 valence electrons. The molecule has 4 heteroatoms. The number of thioether (sulfide) groups is 1. The van der Waals surface area contributed by atoms with Crippen molar-refractivity contribution in [2.75, 3.05) is 12.3 Å². The first-order chi connectivity index (χ1) is 9.15. The van der Waals surface area contributed by atoms with Crippen LogP contribution in [-0.2, 0) is 10.5 Å². The number of benzene rings is 1. The van der Waals surface area contributed by atoms with Crippen LogP contribution in [0.5, 0.6) is 0 Å². The van der Waals surface area contributed by atoms with E-state index < -0.39 is 0 Å². The molecule has 1 aromatic carbocycles. The number of amides is 1. The second-order valence-corrected chi connectivity index (χ2v) is 5.59. The fourth-order valence-corrected chi connectivity index (χ4v) is 2.55. The van der Waals surface area contributed by atoms with E-state index in [1.54, 1.807) is 23.9 Å². The summed E-state index contributed by atoms with van der Waals surface area (Å²) in [5.41, 5.74) is 1.04. The number of carbonyl (C=O) groups excluding carboxylic acids is 1. The van der Waals surface area contributed by atoms with Gasteiger partial charge in [-0.05, 0) is 23.6 Å². The van der Waals surface area contributed by atoms with E-state index in [4.69, 9.17) is 0 Å². The van der Waals surface area contributed by atoms with Crippen molar-refractivity contribution in [3.63, 3.8) is 0 Å². The molecule has 0 atom stereocenters. The Morgan fingerprint density at radius 2 is 1.89 bits per heavy atom. The predicted molar refractivity (Wildman–Crippen MR) is 79.6 cm³/mol. The van der Waals surface area contributed by atoms with Crippen molar-refractivity contribution in [1.29, 1.82) is 0 Å². The summed E-state index contributed by atoms with van der Waals surface area (Å²) in [6.45, 7) is 5.05. The standard InChI is InChI=1S/C15H22FNOS/c1-3-12(4-2)9-17-15(18)11-19-10-13-5-7-14(16)8-6-13/h5-8,12H,3-4,9-11H2,1-2H3,(H,17,18). The molecule has 0 aromatic heterocycles. The summed E-state index contributed by atoms with van der Waals surface area (Å²) in [5.74, 6) is 1.62. The van der Waals surface area contributed by atoms with Crippen LogP contribution < -0.4 is 5.32 Å². The Balaban J connectivity index is 2.18. The maximum Gasteiger partial charge on any atom is 0.230 e. The lowest BCUT2D eigenvalue weighted by Crippen LogP contribution is -2.30. The molecule has 0 aliphatic carbocycles. The first-order valence-corrected chi connectivity index (χ1v) is 7.90. The van der Waals surface area contributed by atoms with E-state index in [1.165, 1.54) is 12.1 Å². The quantitative estimate of drug-likeness (QED) is 0.789. The van der Waals surface area contributed by atoms with Crippen LogP contribution in [-0.4, -0.2) is 18.2 Å². The van der Waals surface area contributed by atoms with Crippen LogP contribution in [0.3, 0.4) is 0 Å². The van der Waals surface area contributed by atoms with Crippen molar-refractivity contribution in [3.05, 3.63) is 35.6 Å². The second kappa shape index (κ2) is 8.97. The van der Waals surface area contributed by atoms with Crippen LogP contribution in [0, 0.1) is 11.7 Å². The monoisotopic (exact) mass is 283 g/mol. The van der Waals surface area contributed by atoms with Gasteiger partial charge in [-0.25, -0.2) is 4.39 Å². The Morgan fingerprint density at radius 3 is 2.47 bits per heavy atom. The normalized spacial score (nSPS) is 10.7. The van der Waals surface area contributed by atoms with E-state index in [2.05, 4.69) is 19.2 Å². The highest BCUT2D eigenvalue weighted by Crippen LogP contribution is 2.12. The van der Waals surface area contributed by atoms with Crippen molar-refractivity contribution < 1.29 is 9.18 Å².